The number of nitro benzene ring substituents is 1. The molecule has 2 amide bonds. The van der Waals surface area contributed by atoms with Gasteiger partial charge in [0.2, 0.25) is 5.91 Å². The predicted octanol–water partition coefficient (Wildman–Crippen LogP) is 1.13. The van der Waals surface area contributed by atoms with Crippen molar-refractivity contribution in [1.82, 2.24) is 10.6 Å². The zero-order chi connectivity index (χ0) is 15.4. The summed E-state index contributed by atoms with van der Waals surface area (Å²) in [4.78, 5) is 33.7. The summed E-state index contributed by atoms with van der Waals surface area (Å²) in [7, 11) is 0. The van der Waals surface area contributed by atoms with E-state index >= 15 is 0 Å². The maximum absolute atomic E-state index is 13.6. The van der Waals surface area contributed by atoms with Crippen molar-refractivity contribution >= 4 is 17.5 Å². The molecule has 112 valence electrons. The first-order chi connectivity index (χ1) is 9.99. The summed E-state index contributed by atoms with van der Waals surface area (Å²) in [6.07, 6.45) is 2.01. The number of nitrogens with zero attached hydrogens (tertiary/aromatic N) is 1. The number of benzene rings is 1. The molecule has 2 N–H and O–H groups in total. The van der Waals surface area contributed by atoms with Gasteiger partial charge in [0.1, 0.15) is 11.9 Å². The zero-order valence-electron chi connectivity index (χ0n) is 11.1. The summed E-state index contributed by atoms with van der Waals surface area (Å²) in [6.45, 7) is 0.538. The highest BCUT2D eigenvalue weighted by Gasteiger charge is 2.25. The lowest BCUT2D eigenvalue weighted by Gasteiger charge is -2.15. The smallest absolute Gasteiger partial charge is 0.270 e. The van der Waals surface area contributed by atoms with E-state index in [1.807, 2.05) is 0 Å². The lowest BCUT2D eigenvalue weighted by molar-refractivity contribution is -0.384. The predicted molar refractivity (Wildman–Crippen MR) is 71.2 cm³/mol. The van der Waals surface area contributed by atoms with Crippen molar-refractivity contribution in [2.24, 2.45) is 0 Å². The molecule has 2 rings (SSSR count). The van der Waals surface area contributed by atoms with E-state index < -0.39 is 28.3 Å². The molecule has 1 aliphatic heterocycles. The van der Waals surface area contributed by atoms with Crippen LogP contribution in [0.1, 0.15) is 29.6 Å². The molecule has 1 unspecified atom stereocenters. The van der Waals surface area contributed by atoms with Crippen molar-refractivity contribution in [3.05, 3.63) is 39.7 Å². The first kappa shape index (κ1) is 14.9. The van der Waals surface area contributed by atoms with E-state index in [2.05, 4.69) is 10.6 Å². The van der Waals surface area contributed by atoms with E-state index in [1.54, 1.807) is 0 Å². The number of carbonyl (C=O) groups is 2. The van der Waals surface area contributed by atoms with Gasteiger partial charge < -0.3 is 10.6 Å². The highest BCUT2D eigenvalue weighted by atomic mass is 19.1. The second-order valence-corrected chi connectivity index (χ2v) is 4.73. The summed E-state index contributed by atoms with van der Waals surface area (Å²) in [5.74, 6) is -2.03. The van der Waals surface area contributed by atoms with E-state index in [0.717, 1.165) is 31.0 Å². The number of hydrogen-bond acceptors (Lipinski definition) is 4. The van der Waals surface area contributed by atoms with Crippen molar-refractivity contribution in [2.75, 3.05) is 6.54 Å². The second-order valence-electron chi connectivity index (χ2n) is 4.73. The van der Waals surface area contributed by atoms with Crippen LogP contribution in [-0.4, -0.2) is 29.3 Å². The zero-order valence-corrected chi connectivity index (χ0v) is 11.1. The molecule has 21 heavy (non-hydrogen) atoms. The molecule has 1 fully saturated rings. The highest BCUT2D eigenvalue weighted by Crippen LogP contribution is 2.17. The van der Waals surface area contributed by atoms with Crippen LogP contribution in [0, 0.1) is 15.9 Å². The third-order valence-electron chi connectivity index (χ3n) is 3.25. The largest absolute Gasteiger partial charge is 0.354 e. The van der Waals surface area contributed by atoms with Gasteiger partial charge in [0.15, 0.2) is 0 Å². The van der Waals surface area contributed by atoms with Gasteiger partial charge in [-0.15, -0.1) is 0 Å². The van der Waals surface area contributed by atoms with E-state index in [-0.39, 0.29) is 11.6 Å². The number of hydrogen-bond donors (Lipinski definition) is 2. The number of amides is 2. The van der Waals surface area contributed by atoms with Crippen molar-refractivity contribution in [3.8, 4) is 0 Å². The van der Waals surface area contributed by atoms with Gasteiger partial charge in [-0.25, -0.2) is 4.39 Å². The Morgan fingerprint density at radius 2 is 2.19 bits per heavy atom. The number of nitrogens with one attached hydrogen (secondary N) is 2. The maximum atomic E-state index is 13.6. The second kappa shape index (κ2) is 6.29. The molecule has 8 heteroatoms. The Bertz CT molecular complexity index is 591. The van der Waals surface area contributed by atoms with E-state index in [1.165, 1.54) is 0 Å². The fourth-order valence-corrected chi connectivity index (χ4v) is 2.11. The van der Waals surface area contributed by atoms with Gasteiger partial charge in [-0.3, -0.25) is 19.7 Å². The Hall–Kier alpha value is -2.51. The number of rotatable bonds is 3. The van der Waals surface area contributed by atoms with Crippen LogP contribution in [0.2, 0.25) is 0 Å². The molecular formula is C13H14FN3O4. The lowest BCUT2D eigenvalue weighted by Crippen LogP contribution is -2.45. The molecule has 0 aliphatic carbocycles. The summed E-state index contributed by atoms with van der Waals surface area (Å²) < 4.78 is 13.6. The minimum atomic E-state index is -0.868. The SMILES string of the molecule is O=C(NC1CCCCNC1=O)c1cc([N+](=O)[O-])ccc1F. The van der Waals surface area contributed by atoms with Gasteiger partial charge in [0.25, 0.3) is 11.6 Å². The normalized spacial score (nSPS) is 18.5. The van der Waals surface area contributed by atoms with Gasteiger partial charge in [-0.2, -0.15) is 0 Å². The molecule has 1 aromatic rings. The average Bonchev–Trinajstić information content (AvgIpc) is 2.64. The monoisotopic (exact) mass is 295 g/mol. The summed E-state index contributed by atoms with van der Waals surface area (Å²) in [5, 5.41) is 15.7. The van der Waals surface area contributed by atoms with Crippen LogP contribution < -0.4 is 10.6 Å². The molecule has 0 radical (unpaired) electrons. The fourth-order valence-electron chi connectivity index (χ4n) is 2.11. The quantitative estimate of drug-likeness (QED) is 0.644. The van der Waals surface area contributed by atoms with Crippen LogP contribution in [0.15, 0.2) is 18.2 Å². The molecule has 0 bridgehead atoms. The highest BCUT2D eigenvalue weighted by molar-refractivity contribution is 5.98. The fraction of sp³-hybridized carbons (Fsp3) is 0.385. The molecule has 1 heterocycles. The molecular weight excluding hydrogens is 281 g/mol. The minimum Gasteiger partial charge on any atom is -0.354 e. The molecule has 0 saturated carbocycles. The first-order valence-corrected chi connectivity index (χ1v) is 6.51. The third kappa shape index (κ3) is 3.53. The minimum absolute atomic E-state index is 0.327. The van der Waals surface area contributed by atoms with E-state index in [0.29, 0.717) is 13.0 Å². The Morgan fingerprint density at radius 1 is 1.43 bits per heavy atom. The van der Waals surface area contributed by atoms with Crippen LogP contribution in [0.5, 0.6) is 0 Å². The van der Waals surface area contributed by atoms with Crippen molar-refractivity contribution in [1.29, 1.82) is 0 Å². The van der Waals surface area contributed by atoms with E-state index in [9.17, 15) is 24.1 Å². The van der Waals surface area contributed by atoms with Gasteiger partial charge in [-0.05, 0) is 25.3 Å². The number of carbonyl (C=O) groups excluding carboxylic acids is 2. The Morgan fingerprint density at radius 3 is 2.90 bits per heavy atom. The topological polar surface area (TPSA) is 101 Å². The van der Waals surface area contributed by atoms with Crippen molar-refractivity contribution in [2.45, 2.75) is 25.3 Å². The Labute approximate surface area is 119 Å². The number of nitro groups is 1. The number of halogens is 1. The summed E-state index contributed by atoms with van der Waals surface area (Å²) >= 11 is 0. The maximum Gasteiger partial charge on any atom is 0.270 e. The molecule has 7 nitrogen and oxygen atoms in total. The number of non-ortho nitro benzene ring substituents is 1. The van der Waals surface area contributed by atoms with Crippen LogP contribution in [-0.2, 0) is 4.79 Å². The van der Waals surface area contributed by atoms with Gasteiger partial charge in [-0.1, -0.05) is 0 Å². The molecule has 1 aromatic carbocycles. The van der Waals surface area contributed by atoms with Gasteiger partial charge in [0.05, 0.1) is 10.5 Å². The molecule has 0 aromatic heterocycles. The average molecular weight is 295 g/mol. The molecule has 0 spiro atoms. The molecule has 1 atom stereocenters. The summed E-state index contributed by atoms with van der Waals surface area (Å²) in [5.41, 5.74) is -0.826. The Kier molecular flexibility index (Phi) is 4.46. The Balaban J connectivity index is 2.17. The first-order valence-electron chi connectivity index (χ1n) is 6.51. The third-order valence-corrected chi connectivity index (χ3v) is 3.25. The van der Waals surface area contributed by atoms with Crippen LogP contribution >= 0.6 is 0 Å². The van der Waals surface area contributed by atoms with Gasteiger partial charge in [0, 0.05) is 18.7 Å². The summed E-state index contributed by atoms with van der Waals surface area (Å²) in [6, 6.07) is 1.95. The van der Waals surface area contributed by atoms with Crippen molar-refractivity contribution in [3.63, 3.8) is 0 Å². The molecule has 1 saturated heterocycles. The molecule has 1 aliphatic rings. The van der Waals surface area contributed by atoms with Crippen LogP contribution in [0.3, 0.4) is 0 Å². The lowest BCUT2D eigenvalue weighted by atomic mass is 10.1. The van der Waals surface area contributed by atoms with Gasteiger partial charge >= 0.3 is 0 Å². The van der Waals surface area contributed by atoms with Crippen LogP contribution in [0.4, 0.5) is 10.1 Å². The standard InChI is InChI=1S/C13H14FN3O4/c14-10-5-4-8(17(20)21)7-9(10)12(18)16-11-3-1-2-6-15-13(11)19/h4-5,7,11H,1-3,6H2,(H,15,19)(H,16,18). The van der Waals surface area contributed by atoms with Crippen molar-refractivity contribution < 1.29 is 18.9 Å². The van der Waals surface area contributed by atoms with E-state index in [4.69, 9.17) is 0 Å². The van der Waals surface area contributed by atoms with Crippen LogP contribution in [0.25, 0.3) is 0 Å².